The topological polar surface area (TPSA) is 466 Å². The highest BCUT2D eigenvalue weighted by atomic mass is 16.5. The van der Waals surface area contributed by atoms with Crippen LogP contribution in [-0.2, 0) is 105 Å². The molecule has 0 aromatic carbocycles. The van der Waals surface area contributed by atoms with Crippen LogP contribution in [0.25, 0.3) is 0 Å². The number of amides is 5. The summed E-state index contributed by atoms with van der Waals surface area (Å²) in [5.74, 6) is -5.92. The van der Waals surface area contributed by atoms with Crippen molar-refractivity contribution in [1.82, 2.24) is 31.9 Å². The van der Waals surface area contributed by atoms with E-state index in [1.807, 2.05) is 0 Å². The molecule has 32 nitrogen and oxygen atoms in total. The monoisotopic (exact) mass is 1590 g/mol. The zero-order valence-corrected chi connectivity index (χ0v) is 67.4. The summed E-state index contributed by atoms with van der Waals surface area (Å²) in [7, 11) is 1.76. The van der Waals surface area contributed by atoms with Gasteiger partial charge in [0.05, 0.1) is 78.0 Å². The Balaban J connectivity index is 0. The summed E-state index contributed by atoms with van der Waals surface area (Å²) >= 11 is 0. The Morgan fingerprint density at radius 2 is 0.685 bits per heavy atom. The molecule has 0 fully saturated rings. The molecular weight excluding hydrogens is 1450 g/mol. The van der Waals surface area contributed by atoms with Gasteiger partial charge in [0.2, 0.25) is 29.5 Å². The van der Waals surface area contributed by atoms with Crippen LogP contribution in [0.1, 0.15) is 258 Å². The fourth-order valence-corrected chi connectivity index (χ4v) is 11.3. The Morgan fingerprint density at radius 3 is 1.12 bits per heavy atom. The molecule has 4 atom stereocenters. The van der Waals surface area contributed by atoms with Crippen molar-refractivity contribution in [3.05, 3.63) is 0 Å². The highest BCUT2D eigenvalue weighted by molar-refractivity contribution is 5.86. The fraction of sp³-hybridized carbons (Fsp3) is 0.823. The van der Waals surface area contributed by atoms with Gasteiger partial charge >= 0.3 is 23.9 Å². The Bertz CT molecular complexity index is 2530. The van der Waals surface area contributed by atoms with Crippen LogP contribution in [0.3, 0.4) is 0 Å². The average Bonchev–Trinajstić information content (AvgIpc) is 0.942. The third-order valence-electron chi connectivity index (χ3n) is 17.7. The van der Waals surface area contributed by atoms with Gasteiger partial charge < -0.3 is 90.2 Å². The number of ketones is 5. The molecule has 111 heavy (non-hydrogen) atoms. The van der Waals surface area contributed by atoms with Gasteiger partial charge in [-0.25, -0.2) is 4.79 Å². The van der Waals surface area contributed by atoms with Gasteiger partial charge in [-0.3, -0.25) is 62.3 Å². The molecule has 0 heterocycles. The van der Waals surface area contributed by atoms with E-state index >= 15 is 0 Å². The molecule has 0 saturated heterocycles. The molecule has 642 valence electrons. The number of nitrogens with one attached hydrogen (secondary N) is 6. The number of aliphatic carboxylic acids is 4. The van der Waals surface area contributed by atoms with E-state index in [2.05, 4.69) is 38.8 Å². The standard InChI is InChI=1S/C40H71N3O13.C39H69N3O13/c1-3-15-33(32(2)44)16-12-13-22-41-37(47)30-56-29-27-54-25-23-42-38(48)31-55-28-26-53-24-14-17-34(45)20-21-35(40(51)52)43-36(46)18-10-8-6-4-5-7-9-11-19-39(49)50;1-31(43)35(40-2)16-11-12-20-41-37(47)30-55-27-24-52-22-13-15-34(45)29-54-26-25-53-23-21-42-36(46)19-18-32(39(50)51)28-33(44)14-9-7-5-3-4-6-8-10-17-38(48)49/h33,35H,3-31H2,1-2H3,(H,41,47)(H,42,48)(H,43,46)(H,49,50)(H,51,52);32,35,40H,3-30H2,1-2H3,(H,41,47)(H,42,46)(H,48,49)(H,50,51)/t33-,35-;32-,35+/m01/s1. The summed E-state index contributed by atoms with van der Waals surface area (Å²) in [6.07, 6.45) is 23.6. The Labute approximate surface area is 658 Å². The number of likely N-dealkylation sites (N-methyl/N-ethyl adjacent to an activating group) is 1. The van der Waals surface area contributed by atoms with E-state index in [0.717, 1.165) is 128 Å². The van der Waals surface area contributed by atoms with Crippen molar-refractivity contribution < 1.29 is 125 Å². The van der Waals surface area contributed by atoms with Crippen molar-refractivity contribution in [2.45, 2.75) is 270 Å². The lowest BCUT2D eigenvalue weighted by molar-refractivity contribution is -0.144. The van der Waals surface area contributed by atoms with Crippen LogP contribution >= 0.6 is 0 Å². The molecule has 0 aliphatic rings. The summed E-state index contributed by atoms with van der Waals surface area (Å²) < 4.78 is 42.9. The average molecular weight is 1590 g/mol. The first-order valence-electron chi connectivity index (χ1n) is 40.5. The molecule has 5 amide bonds. The quantitative estimate of drug-likeness (QED) is 0.0263. The minimum Gasteiger partial charge on any atom is -0.481 e. The molecule has 0 bridgehead atoms. The van der Waals surface area contributed by atoms with E-state index in [1.54, 1.807) is 20.9 Å². The second-order valence-electron chi connectivity index (χ2n) is 27.6. The number of Topliss-reactive ketones (excluding diaryl/α,β-unsaturated/α-hetero) is 5. The second-order valence-corrected chi connectivity index (χ2v) is 27.6. The van der Waals surface area contributed by atoms with Gasteiger partial charge in [0.15, 0.2) is 5.78 Å². The third-order valence-corrected chi connectivity index (χ3v) is 17.7. The normalized spacial score (nSPS) is 12.1. The summed E-state index contributed by atoms with van der Waals surface area (Å²) in [5, 5.41) is 52.7. The third kappa shape index (κ3) is 75.7. The number of rotatable bonds is 82. The highest BCUT2D eigenvalue weighted by Gasteiger charge is 2.24. The predicted molar refractivity (Wildman–Crippen MR) is 414 cm³/mol. The van der Waals surface area contributed by atoms with E-state index in [4.69, 9.17) is 48.1 Å². The van der Waals surface area contributed by atoms with Gasteiger partial charge in [-0.15, -0.1) is 0 Å². The van der Waals surface area contributed by atoms with Crippen LogP contribution in [0.15, 0.2) is 0 Å². The summed E-state index contributed by atoms with van der Waals surface area (Å²) in [6, 6.07) is -1.26. The highest BCUT2D eigenvalue weighted by Crippen LogP contribution is 2.19. The number of hydrogen-bond donors (Lipinski definition) is 10. The summed E-state index contributed by atoms with van der Waals surface area (Å²) in [5.41, 5.74) is 0. The number of carboxylic acids is 4. The SMILES string of the molecule is CCC[C@@H](CCCCNC(=O)COCCOCCNC(=O)COCCOCCCC(=O)CC[C@H](NC(=O)CCCCCCCCCCC(=O)O)C(=O)O)C(C)=O.CN[C@@H](CCCCNC(=O)COCCOCCCC(=O)COCCOCCNC(=O)CC[C@H](CC(=O)CCCCCCCCCCC(=O)O)C(=O)O)C(C)=O. The first-order valence-corrected chi connectivity index (χ1v) is 40.5. The lowest BCUT2D eigenvalue weighted by Gasteiger charge is -2.14. The van der Waals surface area contributed by atoms with Crippen LogP contribution in [0.4, 0.5) is 0 Å². The van der Waals surface area contributed by atoms with E-state index < -0.39 is 35.8 Å². The number of hydrogen-bond acceptors (Lipinski definition) is 23. The Hall–Kier alpha value is -6.78. The molecule has 0 saturated carbocycles. The van der Waals surface area contributed by atoms with Crippen molar-refractivity contribution in [3.63, 3.8) is 0 Å². The Kier molecular flexibility index (Phi) is 73.9. The number of carboxylic acid groups (broad SMARTS) is 4. The van der Waals surface area contributed by atoms with Crippen molar-refractivity contribution >= 4 is 82.3 Å². The molecular formula is C79H140N6O26. The lowest BCUT2D eigenvalue weighted by atomic mass is 9.93. The number of unbranched alkanes of at least 4 members (excludes halogenated alkanes) is 16. The van der Waals surface area contributed by atoms with Gasteiger partial charge in [-0.05, 0) is 111 Å². The maximum Gasteiger partial charge on any atom is 0.326 e. The van der Waals surface area contributed by atoms with Gasteiger partial charge in [0, 0.05) is 103 Å². The van der Waals surface area contributed by atoms with E-state index in [9.17, 15) is 77.3 Å². The largest absolute Gasteiger partial charge is 0.481 e. The van der Waals surface area contributed by atoms with Crippen molar-refractivity contribution in [1.29, 1.82) is 0 Å². The van der Waals surface area contributed by atoms with Crippen LogP contribution in [0.2, 0.25) is 0 Å². The minimum atomic E-state index is -1.17. The van der Waals surface area contributed by atoms with E-state index in [1.165, 1.54) is 0 Å². The summed E-state index contributed by atoms with van der Waals surface area (Å²) in [6.45, 7) is 9.69. The number of ether oxygens (including phenoxy) is 8. The Morgan fingerprint density at radius 1 is 0.288 bits per heavy atom. The molecule has 0 aromatic heterocycles. The zero-order valence-electron chi connectivity index (χ0n) is 67.4. The fourth-order valence-electron chi connectivity index (χ4n) is 11.3. The smallest absolute Gasteiger partial charge is 0.326 e. The molecule has 0 aliphatic heterocycles. The maximum atomic E-state index is 12.3. The molecule has 0 rings (SSSR count). The number of carbonyl (C=O) groups is 14. The van der Waals surface area contributed by atoms with E-state index in [0.29, 0.717) is 84.3 Å². The maximum absolute atomic E-state index is 12.3. The summed E-state index contributed by atoms with van der Waals surface area (Å²) in [4.78, 5) is 164. The van der Waals surface area contributed by atoms with Gasteiger partial charge in [0.1, 0.15) is 55.6 Å². The van der Waals surface area contributed by atoms with Crippen molar-refractivity contribution in [3.8, 4) is 0 Å². The molecule has 0 aromatic rings. The molecule has 0 aliphatic carbocycles. The van der Waals surface area contributed by atoms with Crippen LogP contribution in [-0.4, -0.2) is 254 Å². The van der Waals surface area contributed by atoms with Crippen molar-refractivity contribution in [2.24, 2.45) is 11.8 Å². The molecule has 10 N–H and O–H groups in total. The molecule has 0 unspecified atom stereocenters. The molecule has 0 radical (unpaired) electrons. The first kappa shape index (κ1) is 106. The lowest BCUT2D eigenvalue weighted by Crippen LogP contribution is -2.41. The van der Waals surface area contributed by atoms with Crippen LogP contribution in [0.5, 0.6) is 0 Å². The molecule has 32 heteroatoms. The minimum absolute atomic E-state index is 0.0102. The van der Waals surface area contributed by atoms with Gasteiger partial charge in [0.25, 0.3) is 0 Å². The van der Waals surface area contributed by atoms with E-state index in [-0.39, 0.29) is 227 Å². The number of carbonyl (C=O) groups excluding carboxylic acids is 10. The second kappa shape index (κ2) is 77.2. The zero-order chi connectivity index (χ0) is 82.6. The first-order chi connectivity index (χ1) is 53.4. The van der Waals surface area contributed by atoms with Gasteiger partial charge in [-0.1, -0.05) is 96.8 Å². The molecule has 0 spiro atoms. The van der Waals surface area contributed by atoms with Crippen molar-refractivity contribution in [2.75, 3.05) is 139 Å². The van der Waals surface area contributed by atoms with Gasteiger partial charge in [-0.2, -0.15) is 0 Å². The van der Waals surface area contributed by atoms with Crippen LogP contribution in [0, 0.1) is 11.8 Å². The predicted octanol–water partition coefficient (Wildman–Crippen LogP) is 7.55. The van der Waals surface area contributed by atoms with Crippen LogP contribution < -0.4 is 31.9 Å².